The second kappa shape index (κ2) is 7.43. The molecule has 4 heteroatoms. The topological polar surface area (TPSA) is 64.4 Å². The maximum Gasteiger partial charge on any atom is 0.260 e. The van der Waals surface area contributed by atoms with E-state index in [9.17, 15) is 4.79 Å². The van der Waals surface area contributed by atoms with Crippen molar-refractivity contribution in [3.8, 4) is 0 Å². The summed E-state index contributed by atoms with van der Waals surface area (Å²) in [7, 11) is 0. The van der Waals surface area contributed by atoms with E-state index in [4.69, 9.17) is 10.6 Å². The molecule has 2 aromatic carbocycles. The van der Waals surface area contributed by atoms with Crippen LogP contribution in [0.15, 0.2) is 60.7 Å². The first kappa shape index (κ1) is 14.2. The lowest BCUT2D eigenvalue weighted by Gasteiger charge is -2.12. The molecule has 0 radical (unpaired) electrons. The summed E-state index contributed by atoms with van der Waals surface area (Å²) in [6.07, 6.45) is 0.487. The first-order valence-electron chi connectivity index (χ1n) is 6.51. The SMILES string of the molecule is N[C@@H](Cc1ccccc1)C(=O)NOCc1ccccc1. The summed E-state index contributed by atoms with van der Waals surface area (Å²) in [6.45, 7) is 0.324. The molecule has 0 aromatic heterocycles. The fraction of sp³-hybridized carbons (Fsp3) is 0.188. The van der Waals surface area contributed by atoms with Gasteiger partial charge in [-0.2, -0.15) is 0 Å². The second-order valence-electron chi connectivity index (χ2n) is 4.54. The van der Waals surface area contributed by atoms with Crippen LogP contribution in [0.1, 0.15) is 11.1 Å². The molecule has 2 aromatic rings. The molecule has 2 rings (SSSR count). The molecule has 0 aliphatic heterocycles. The Morgan fingerprint density at radius 2 is 1.55 bits per heavy atom. The predicted molar refractivity (Wildman–Crippen MR) is 77.5 cm³/mol. The van der Waals surface area contributed by atoms with E-state index in [2.05, 4.69) is 5.48 Å². The molecule has 1 amide bonds. The molecule has 0 spiro atoms. The van der Waals surface area contributed by atoms with Gasteiger partial charge in [0, 0.05) is 0 Å². The van der Waals surface area contributed by atoms with Gasteiger partial charge in [-0.15, -0.1) is 0 Å². The second-order valence-corrected chi connectivity index (χ2v) is 4.54. The molecule has 0 heterocycles. The van der Waals surface area contributed by atoms with Crippen LogP contribution in [0.4, 0.5) is 0 Å². The van der Waals surface area contributed by atoms with E-state index in [-0.39, 0.29) is 5.91 Å². The monoisotopic (exact) mass is 270 g/mol. The Morgan fingerprint density at radius 1 is 1.00 bits per heavy atom. The molecule has 0 aliphatic rings. The predicted octanol–water partition coefficient (Wildman–Crippen LogP) is 1.80. The molecular weight excluding hydrogens is 252 g/mol. The highest BCUT2D eigenvalue weighted by atomic mass is 16.6. The molecule has 20 heavy (non-hydrogen) atoms. The fourth-order valence-electron chi connectivity index (χ4n) is 1.80. The summed E-state index contributed by atoms with van der Waals surface area (Å²) < 4.78 is 0. The third-order valence-electron chi connectivity index (χ3n) is 2.89. The van der Waals surface area contributed by atoms with Crippen molar-refractivity contribution in [2.45, 2.75) is 19.1 Å². The molecule has 4 nitrogen and oxygen atoms in total. The van der Waals surface area contributed by atoms with E-state index in [0.717, 1.165) is 11.1 Å². The van der Waals surface area contributed by atoms with Crippen LogP contribution in [-0.4, -0.2) is 11.9 Å². The Hall–Kier alpha value is -2.17. The summed E-state index contributed by atoms with van der Waals surface area (Å²) >= 11 is 0. The van der Waals surface area contributed by atoms with E-state index < -0.39 is 6.04 Å². The van der Waals surface area contributed by atoms with E-state index in [0.29, 0.717) is 13.0 Å². The smallest absolute Gasteiger partial charge is 0.260 e. The van der Waals surface area contributed by atoms with Crippen LogP contribution in [0.5, 0.6) is 0 Å². The number of hydrogen-bond acceptors (Lipinski definition) is 3. The Balaban J connectivity index is 1.74. The zero-order chi connectivity index (χ0) is 14.2. The number of carbonyl (C=O) groups is 1. The number of rotatable bonds is 6. The third-order valence-corrected chi connectivity index (χ3v) is 2.89. The maximum atomic E-state index is 11.8. The van der Waals surface area contributed by atoms with Crippen LogP contribution < -0.4 is 11.2 Å². The molecular formula is C16H18N2O2. The Labute approximate surface area is 118 Å². The standard InChI is InChI=1S/C16H18N2O2/c17-15(11-13-7-3-1-4-8-13)16(19)18-20-12-14-9-5-2-6-10-14/h1-10,15H,11-12,17H2,(H,18,19)/t15-/m0/s1. The minimum absolute atomic E-state index is 0.315. The van der Waals surface area contributed by atoms with Gasteiger partial charge < -0.3 is 5.73 Å². The lowest BCUT2D eigenvalue weighted by Crippen LogP contribution is -2.41. The molecule has 0 saturated carbocycles. The summed E-state index contributed by atoms with van der Waals surface area (Å²) in [5, 5.41) is 0. The third kappa shape index (κ3) is 4.50. The highest BCUT2D eigenvalue weighted by molar-refractivity contribution is 5.80. The highest BCUT2D eigenvalue weighted by Gasteiger charge is 2.13. The van der Waals surface area contributed by atoms with Crippen molar-refractivity contribution in [2.24, 2.45) is 5.73 Å². The quantitative estimate of drug-likeness (QED) is 0.787. The van der Waals surface area contributed by atoms with Gasteiger partial charge in [-0.25, -0.2) is 5.48 Å². The van der Waals surface area contributed by atoms with Gasteiger partial charge in [0.1, 0.15) is 0 Å². The van der Waals surface area contributed by atoms with Crippen LogP contribution in [0.2, 0.25) is 0 Å². The molecule has 0 saturated heterocycles. The Kier molecular flexibility index (Phi) is 5.29. The zero-order valence-electron chi connectivity index (χ0n) is 11.2. The number of amides is 1. The highest BCUT2D eigenvalue weighted by Crippen LogP contribution is 2.02. The number of hydroxylamine groups is 1. The first-order chi connectivity index (χ1) is 9.75. The van der Waals surface area contributed by atoms with Crippen LogP contribution >= 0.6 is 0 Å². The van der Waals surface area contributed by atoms with E-state index in [1.165, 1.54) is 0 Å². The average Bonchev–Trinajstić information content (AvgIpc) is 2.49. The molecule has 0 fully saturated rings. The lowest BCUT2D eigenvalue weighted by atomic mass is 10.1. The first-order valence-corrected chi connectivity index (χ1v) is 6.51. The molecule has 0 unspecified atom stereocenters. The number of nitrogens with one attached hydrogen (secondary N) is 1. The van der Waals surface area contributed by atoms with Crippen molar-refractivity contribution in [1.82, 2.24) is 5.48 Å². The van der Waals surface area contributed by atoms with Crippen molar-refractivity contribution >= 4 is 5.91 Å². The van der Waals surface area contributed by atoms with Gasteiger partial charge in [0.15, 0.2) is 0 Å². The minimum Gasteiger partial charge on any atom is -0.320 e. The molecule has 104 valence electrons. The van der Waals surface area contributed by atoms with Crippen LogP contribution in [0, 0.1) is 0 Å². The number of nitrogens with two attached hydrogens (primary N) is 1. The van der Waals surface area contributed by atoms with Gasteiger partial charge in [-0.3, -0.25) is 9.63 Å². The molecule has 1 atom stereocenters. The van der Waals surface area contributed by atoms with Crippen LogP contribution in [-0.2, 0) is 22.7 Å². The van der Waals surface area contributed by atoms with Crippen molar-refractivity contribution in [3.05, 3.63) is 71.8 Å². The van der Waals surface area contributed by atoms with Gasteiger partial charge in [-0.1, -0.05) is 60.7 Å². The minimum atomic E-state index is -0.617. The van der Waals surface area contributed by atoms with Gasteiger partial charge >= 0.3 is 0 Å². The van der Waals surface area contributed by atoms with Crippen molar-refractivity contribution in [2.75, 3.05) is 0 Å². The lowest BCUT2D eigenvalue weighted by molar-refractivity contribution is -0.135. The summed E-state index contributed by atoms with van der Waals surface area (Å²) in [5.74, 6) is -0.315. The summed E-state index contributed by atoms with van der Waals surface area (Å²) in [4.78, 5) is 16.9. The van der Waals surface area contributed by atoms with Gasteiger partial charge in [0.05, 0.1) is 12.6 Å². The Bertz CT molecular complexity index is 529. The number of hydrogen-bond donors (Lipinski definition) is 2. The van der Waals surface area contributed by atoms with Crippen LogP contribution in [0.3, 0.4) is 0 Å². The number of benzene rings is 2. The van der Waals surface area contributed by atoms with Crippen LogP contribution in [0.25, 0.3) is 0 Å². The van der Waals surface area contributed by atoms with Crippen molar-refractivity contribution in [3.63, 3.8) is 0 Å². The van der Waals surface area contributed by atoms with Gasteiger partial charge in [-0.05, 0) is 17.5 Å². The van der Waals surface area contributed by atoms with Crippen molar-refractivity contribution in [1.29, 1.82) is 0 Å². The van der Waals surface area contributed by atoms with Gasteiger partial charge in [0.25, 0.3) is 5.91 Å². The fourth-order valence-corrected chi connectivity index (χ4v) is 1.80. The van der Waals surface area contributed by atoms with Gasteiger partial charge in [0.2, 0.25) is 0 Å². The summed E-state index contributed by atoms with van der Waals surface area (Å²) in [6, 6.07) is 18.7. The normalized spacial score (nSPS) is 11.8. The largest absolute Gasteiger partial charge is 0.320 e. The average molecular weight is 270 g/mol. The summed E-state index contributed by atoms with van der Waals surface area (Å²) in [5.41, 5.74) is 10.2. The van der Waals surface area contributed by atoms with E-state index >= 15 is 0 Å². The maximum absolute atomic E-state index is 11.8. The molecule has 3 N–H and O–H groups in total. The van der Waals surface area contributed by atoms with Crippen molar-refractivity contribution < 1.29 is 9.63 Å². The van der Waals surface area contributed by atoms with E-state index in [1.807, 2.05) is 60.7 Å². The molecule has 0 aliphatic carbocycles. The Morgan fingerprint density at radius 3 is 2.15 bits per heavy atom. The molecule has 0 bridgehead atoms. The zero-order valence-corrected chi connectivity index (χ0v) is 11.2. The number of carbonyl (C=O) groups excluding carboxylic acids is 1. The van der Waals surface area contributed by atoms with E-state index in [1.54, 1.807) is 0 Å².